The van der Waals surface area contributed by atoms with E-state index in [1.807, 2.05) is 66.7 Å². The molecule has 5 nitrogen and oxygen atoms in total. The maximum absolute atomic E-state index is 6.74. The van der Waals surface area contributed by atoms with Crippen LogP contribution in [0, 0.1) is 0 Å². The third-order valence-corrected chi connectivity index (χ3v) is 9.12. The average Bonchev–Trinajstić information content (AvgIpc) is 3.86. The molecule has 3 heterocycles. The Balaban J connectivity index is 1.19. The van der Waals surface area contributed by atoms with E-state index in [0.717, 1.165) is 83.2 Å². The van der Waals surface area contributed by atoms with Crippen LogP contribution in [-0.2, 0) is 0 Å². The van der Waals surface area contributed by atoms with Gasteiger partial charge in [0.25, 0.3) is 0 Å². The molecule has 0 bridgehead atoms. The van der Waals surface area contributed by atoms with Gasteiger partial charge in [-0.05, 0) is 71.8 Å². The first kappa shape index (κ1) is 26.6. The van der Waals surface area contributed by atoms with E-state index < -0.39 is 0 Å². The summed E-state index contributed by atoms with van der Waals surface area (Å²) in [6, 6.07) is 53.8. The van der Waals surface area contributed by atoms with Crippen LogP contribution in [0.15, 0.2) is 171 Å². The number of aromatic nitrogens is 1. The Morgan fingerprint density at radius 1 is 0.438 bits per heavy atom. The fraction of sp³-hybridized carbons (Fsp3) is 0. The zero-order valence-electron chi connectivity index (χ0n) is 25.6. The van der Waals surface area contributed by atoms with Gasteiger partial charge in [-0.25, -0.2) is 4.98 Å². The first-order valence-corrected chi connectivity index (χ1v) is 16.0. The van der Waals surface area contributed by atoms with Gasteiger partial charge in [0.05, 0.1) is 11.4 Å². The standard InChI is InChI=1S/C43H26N2O3/c1-2-10-27(11-3-1)28-20-22-29(23-21-28)45(30-24-25-32-31-12-4-6-17-37(31)46-40(32)26-30)36-16-8-13-33-41-34(14-9-19-39(41)47-42(33)36)43-44-35-15-5-7-18-38(35)48-43/h1-26H. The summed E-state index contributed by atoms with van der Waals surface area (Å²) in [6.07, 6.45) is 0. The van der Waals surface area contributed by atoms with E-state index >= 15 is 0 Å². The van der Waals surface area contributed by atoms with Crippen LogP contribution in [0.5, 0.6) is 0 Å². The van der Waals surface area contributed by atoms with Crippen molar-refractivity contribution in [2.45, 2.75) is 0 Å². The number of hydrogen-bond donors (Lipinski definition) is 0. The molecule has 10 rings (SSSR count). The van der Waals surface area contributed by atoms with E-state index in [0.29, 0.717) is 5.89 Å². The molecule has 0 saturated heterocycles. The highest BCUT2D eigenvalue weighted by Crippen LogP contribution is 2.45. The monoisotopic (exact) mass is 618 g/mol. The molecule has 0 unspecified atom stereocenters. The van der Waals surface area contributed by atoms with Gasteiger partial charge in [0.2, 0.25) is 5.89 Å². The normalized spacial score (nSPS) is 11.8. The molecular formula is C43H26N2O3. The Hall–Kier alpha value is -6.59. The predicted octanol–water partition coefficient (Wildman–Crippen LogP) is 12.4. The molecule has 10 aromatic rings. The third kappa shape index (κ3) is 4.15. The maximum atomic E-state index is 6.74. The minimum Gasteiger partial charge on any atom is -0.456 e. The summed E-state index contributed by atoms with van der Waals surface area (Å²) in [5.74, 6) is 0.568. The van der Waals surface area contributed by atoms with Crippen molar-refractivity contribution >= 4 is 72.0 Å². The van der Waals surface area contributed by atoms with Gasteiger partial charge >= 0.3 is 0 Å². The van der Waals surface area contributed by atoms with Gasteiger partial charge in [0, 0.05) is 38.9 Å². The molecular weight excluding hydrogens is 592 g/mol. The summed E-state index contributed by atoms with van der Waals surface area (Å²) in [5.41, 5.74) is 10.9. The molecule has 5 heteroatoms. The molecule has 0 fully saturated rings. The zero-order chi connectivity index (χ0) is 31.6. The number of rotatable bonds is 5. The van der Waals surface area contributed by atoms with Crippen LogP contribution in [0.25, 0.3) is 77.6 Å². The quantitative estimate of drug-likeness (QED) is 0.192. The highest BCUT2D eigenvalue weighted by atomic mass is 16.4. The fourth-order valence-electron chi connectivity index (χ4n) is 6.89. The molecule has 0 aliphatic rings. The Morgan fingerprint density at radius 3 is 2.00 bits per heavy atom. The summed E-state index contributed by atoms with van der Waals surface area (Å²) >= 11 is 0. The Bertz CT molecular complexity index is 2760. The molecule has 0 aliphatic heterocycles. The van der Waals surface area contributed by atoms with Gasteiger partial charge in [-0.1, -0.05) is 91.0 Å². The van der Waals surface area contributed by atoms with Crippen molar-refractivity contribution in [1.82, 2.24) is 4.98 Å². The molecule has 7 aromatic carbocycles. The SMILES string of the molecule is c1ccc(-c2ccc(N(c3ccc4c(c3)oc3ccccc34)c3cccc4c3oc3cccc(-c5nc6ccccc6o5)c34)cc2)cc1. The molecule has 226 valence electrons. The van der Waals surface area contributed by atoms with Crippen LogP contribution in [-0.4, -0.2) is 4.98 Å². The Labute approximate surface area is 274 Å². The third-order valence-electron chi connectivity index (χ3n) is 9.12. The molecule has 0 N–H and O–H groups in total. The number of hydrogen-bond acceptors (Lipinski definition) is 5. The lowest BCUT2D eigenvalue weighted by Gasteiger charge is -2.25. The van der Waals surface area contributed by atoms with Gasteiger partial charge < -0.3 is 18.2 Å². The topological polar surface area (TPSA) is 55.6 Å². The first-order chi connectivity index (χ1) is 23.8. The van der Waals surface area contributed by atoms with Crippen molar-refractivity contribution in [2.24, 2.45) is 0 Å². The summed E-state index contributed by atoms with van der Waals surface area (Å²) in [5, 5.41) is 4.13. The molecule has 0 aliphatic carbocycles. The predicted molar refractivity (Wildman–Crippen MR) is 194 cm³/mol. The minimum absolute atomic E-state index is 0.568. The smallest absolute Gasteiger partial charge is 0.228 e. The second-order valence-corrected chi connectivity index (χ2v) is 11.9. The highest BCUT2D eigenvalue weighted by molar-refractivity contribution is 6.15. The molecule has 0 amide bonds. The van der Waals surface area contributed by atoms with Crippen LogP contribution in [0.4, 0.5) is 17.1 Å². The van der Waals surface area contributed by atoms with Crippen LogP contribution in [0.2, 0.25) is 0 Å². The van der Waals surface area contributed by atoms with Crippen molar-refractivity contribution in [3.8, 4) is 22.6 Å². The molecule has 0 atom stereocenters. The summed E-state index contributed by atoms with van der Waals surface area (Å²) < 4.78 is 19.3. The molecule has 0 spiro atoms. The molecule has 0 saturated carbocycles. The number of benzene rings is 7. The summed E-state index contributed by atoms with van der Waals surface area (Å²) in [7, 11) is 0. The summed E-state index contributed by atoms with van der Waals surface area (Å²) in [6.45, 7) is 0. The van der Waals surface area contributed by atoms with Gasteiger partial charge in [-0.2, -0.15) is 0 Å². The highest BCUT2D eigenvalue weighted by Gasteiger charge is 2.23. The van der Waals surface area contributed by atoms with Crippen molar-refractivity contribution < 1.29 is 13.3 Å². The van der Waals surface area contributed by atoms with Crippen LogP contribution >= 0.6 is 0 Å². The van der Waals surface area contributed by atoms with Crippen LogP contribution in [0.1, 0.15) is 0 Å². The van der Waals surface area contributed by atoms with Crippen molar-refractivity contribution in [1.29, 1.82) is 0 Å². The van der Waals surface area contributed by atoms with Crippen molar-refractivity contribution in [3.05, 3.63) is 158 Å². The zero-order valence-corrected chi connectivity index (χ0v) is 25.6. The van der Waals surface area contributed by atoms with E-state index in [1.165, 1.54) is 5.56 Å². The fourth-order valence-corrected chi connectivity index (χ4v) is 6.89. The van der Waals surface area contributed by atoms with Crippen LogP contribution < -0.4 is 4.90 Å². The lowest BCUT2D eigenvalue weighted by Crippen LogP contribution is -2.10. The van der Waals surface area contributed by atoms with E-state index in [1.54, 1.807) is 0 Å². The number of para-hydroxylation sites is 4. The number of nitrogens with zero attached hydrogens (tertiary/aromatic N) is 2. The van der Waals surface area contributed by atoms with Gasteiger partial charge in [0.1, 0.15) is 22.3 Å². The minimum atomic E-state index is 0.568. The Morgan fingerprint density at radius 2 is 1.12 bits per heavy atom. The van der Waals surface area contributed by atoms with Gasteiger partial charge in [-0.15, -0.1) is 0 Å². The van der Waals surface area contributed by atoms with E-state index in [9.17, 15) is 0 Å². The maximum Gasteiger partial charge on any atom is 0.228 e. The lowest BCUT2D eigenvalue weighted by molar-refractivity contribution is 0.620. The van der Waals surface area contributed by atoms with Crippen molar-refractivity contribution in [3.63, 3.8) is 0 Å². The van der Waals surface area contributed by atoms with Gasteiger partial charge in [0.15, 0.2) is 11.2 Å². The first-order valence-electron chi connectivity index (χ1n) is 16.0. The number of oxazole rings is 1. The van der Waals surface area contributed by atoms with Crippen LogP contribution in [0.3, 0.4) is 0 Å². The number of fused-ring (bicyclic) bond motifs is 7. The molecule has 3 aromatic heterocycles. The van der Waals surface area contributed by atoms with Gasteiger partial charge in [-0.3, -0.25) is 0 Å². The number of furan rings is 2. The molecule has 48 heavy (non-hydrogen) atoms. The van der Waals surface area contributed by atoms with E-state index in [2.05, 4.69) is 95.9 Å². The van der Waals surface area contributed by atoms with E-state index in [4.69, 9.17) is 18.2 Å². The van der Waals surface area contributed by atoms with E-state index in [-0.39, 0.29) is 0 Å². The Kier molecular flexibility index (Phi) is 5.81. The van der Waals surface area contributed by atoms with Crippen molar-refractivity contribution in [2.75, 3.05) is 4.90 Å². The largest absolute Gasteiger partial charge is 0.456 e. The second kappa shape index (κ2) is 10.5. The second-order valence-electron chi connectivity index (χ2n) is 11.9. The summed E-state index contributed by atoms with van der Waals surface area (Å²) in [4.78, 5) is 7.06. The average molecular weight is 619 g/mol. The number of anilines is 3. The molecule has 0 radical (unpaired) electrons. The lowest BCUT2D eigenvalue weighted by atomic mass is 10.0.